The summed E-state index contributed by atoms with van der Waals surface area (Å²) < 4.78 is 0. The van der Waals surface area contributed by atoms with Gasteiger partial charge in [0.15, 0.2) is 5.69 Å². The summed E-state index contributed by atoms with van der Waals surface area (Å²) in [5.74, 6) is -1.73. The van der Waals surface area contributed by atoms with Crippen LogP contribution < -0.4 is 11.1 Å². The van der Waals surface area contributed by atoms with Crippen LogP contribution >= 0.6 is 0 Å². The molecule has 1 aromatic rings. The molecule has 5 N–H and O–H groups in total. The fourth-order valence-corrected chi connectivity index (χ4v) is 1.23. The van der Waals surface area contributed by atoms with Crippen LogP contribution in [0.5, 0.6) is 0 Å². The van der Waals surface area contributed by atoms with Crippen molar-refractivity contribution in [2.75, 3.05) is 5.32 Å². The van der Waals surface area contributed by atoms with E-state index in [0.717, 1.165) is 0 Å². The standard InChI is InChI=1S/C10H13N3O4/c11-10(17)9-6(2-1-5-12-9)13-7(14)3-4-8(15)16/h1-2,5,7,13-14H,3-4H2,(H2,11,17)(H,15,16). The third-order valence-electron chi connectivity index (χ3n) is 1.99. The molecule has 0 fully saturated rings. The highest BCUT2D eigenvalue weighted by Gasteiger charge is 2.12. The molecule has 1 amide bonds. The largest absolute Gasteiger partial charge is 0.481 e. The average molecular weight is 239 g/mol. The van der Waals surface area contributed by atoms with E-state index in [1.807, 2.05) is 0 Å². The smallest absolute Gasteiger partial charge is 0.303 e. The van der Waals surface area contributed by atoms with Crippen molar-refractivity contribution < 1.29 is 19.8 Å². The molecule has 7 nitrogen and oxygen atoms in total. The van der Waals surface area contributed by atoms with Gasteiger partial charge in [-0.2, -0.15) is 0 Å². The van der Waals surface area contributed by atoms with E-state index in [0.29, 0.717) is 0 Å². The van der Waals surface area contributed by atoms with Gasteiger partial charge < -0.3 is 21.3 Å². The zero-order valence-corrected chi connectivity index (χ0v) is 8.96. The summed E-state index contributed by atoms with van der Waals surface area (Å²) in [6.07, 6.45) is 0.158. The maximum Gasteiger partial charge on any atom is 0.303 e. The number of primary amides is 1. The number of carboxylic acid groups (broad SMARTS) is 1. The first-order chi connectivity index (χ1) is 8.00. The van der Waals surface area contributed by atoms with Gasteiger partial charge in [0.2, 0.25) is 0 Å². The van der Waals surface area contributed by atoms with Crippen molar-refractivity contribution in [1.82, 2.24) is 4.98 Å². The molecule has 1 aromatic heterocycles. The Kier molecular flexibility index (Phi) is 4.41. The predicted molar refractivity (Wildman–Crippen MR) is 59.3 cm³/mol. The Labute approximate surface area is 97.3 Å². The number of anilines is 1. The van der Waals surface area contributed by atoms with Crippen molar-refractivity contribution in [2.24, 2.45) is 5.73 Å². The van der Waals surface area contributed by atoms with Crippen LogP contribution in [0.4, 0.5) is 5.69 Å². The normalized spacial score (nSPS) is 11.8. The van der Waals surface area contributed by atoms with E-state index < -0.39 is 18.1 Å². The van der Waals surface area contributed by atoms with Crippen molar-refractivity contribution >= 4 is 17.6 Å². The summed E-state index contributed by atoms with van der Waals surface area (Å²) in [5, 5.41) is 20.5. The monoisotopic (exact) mass is 239 g/mol. The molecule has 0 saturated heterocycles. The molecular formula is C10H13N3O4. The van der Waals surface area contributed by atoms with Gasteiger partial charge in [0.25, 0.3) is 5.91 Å². The molecule has 0 spiro atoms. The summed E-state index contributed by atoms with van der Waals surface area (Å²) in [7, 11) is 0. The second-order valence-corrected chi connectivity index (χ2v) is 3.36. The lowest BCUT2D eigenvalue weighted by Gasteiger charge is -2.14. The summed E-state index contributed by atoms with van der Waals surface area (Å²) >= 11 is 0. The average Bonchev–Trinajstić information content (AvgIpc) is 2.27. The van der Waals surface area contributed by atoms with E-state index in [2.05, 4.69) is 10.3 Å². The minimum Gasteiger partial charge on any atom is -0.481 e. The zero-order valence-electron chi connectivity index (χ0n) is 8.96. The molecule has 1 atom stereocenters. The van der Waals surface area contributed by atoms with Crippen LogP contribution in [0.15, 0.2) is 18.3 Å². The molecule has 0 aliphatic carbocycles. The first-order valence-corrected chi connectivity index (χ1v) is 4.92. The van der Waals surface area contributed by atoms with Gasteiger partial charge in [-0.15, -0.1) is 0 Å². The summed E-state index contributed by atoms with van der Waals surface area (Å²) in [6, 6.07) is 3.09. The van der Waals surface area contributed by atoms with Crippen LogP contribution in [-0.2, 0) is 4.79 Å². The first-order valence-electron chi connectivity index (χ1n) is 4.92. The summed E-state index contributed by atoms with van der Waals surface area (Å²) in [5.41, 5.74) is 5.37. The van der Waals surface area contributed by atoms with Crippen LogP contribution in [0, 0.1) is 0 Å². The van der Waals surface area contributed by atoms with E-state index >= 15 is 0 Å². The van der Waals surface area contributed by atoms with Crippen molar-refractivity contribution in [1.29, 1.82) is 0 Å². The number of aliphatic hydroxyl groups is 1. The van der Waals surface area contributed by atoms with Gasteiger partial charge in [-0.05, 0) is 12.1 Å². The Bertz CT molecular complexity index is 422. The number of hydrogen-bond acceptors (Lipinski definition) is 5. The first kappa shape index (κ1) is 12.9. The number of aliphatic hydroxyl groups excluding tert-OH is 1. The topological polar surface area (TPSA) is 126 Å². The summed E-state index contributed by atoms with van der Waals surface area (Å²) in [4.78, 5) is 25.1. The fourth-order valence-electron chi connectivity index (χ4n) is 1.23. The third kappa shape index (κ3) is 4.07. The molecular weight excluding hydrogens is 226 g/mol. The molecule has 7 heteroatoms. The molecule has 17 heavy (non-hydrogen) atoms. The Morgan fingerprint density at radius 1 is 1.53 bits per heavy atom. The number of rotatable bonds is 6. The molecule has 1 heterocycles. The van der Waals surface area contributed by atoms with Crippen molar-refractivity contribution in [2.45, 2.75) is 19.1 Å². The van der Waals surface area contributed by atoms with Crippen LogP contribution in [0.2, 0.25) is 0 Å². The number of nitrogens with zero attached hydrogens (tertiary/aromatic N) is 1. The highest BCUT2D eigenvalue weighted by Crippen LogP contribution is 2.13. The van der Waals surface area contributed by atoms with Crippen LogP contribution in [0.1, 0.15) is 23.3 Å². The Morgan fingerprint density at radius 2 is 2.24 bits per heavy atom. The number of nitrogens with one attached hydrogen (secondary N) is 1. The highest BCUT2D eigenvalue weighted by molar-refractivity contribution is 5.96. The van der Waals surface area contributed by atoms with Crippen molar-refractivity contribution in [3.05, 3.63) is 24.0 Å². The van der Waals surface area contributed by atoms with Gasteiger partial charge >= 0.3 is 5.97 Å². The van der Waals surface area contributed by atoms with Gasteiger partial charge in [-0.25, -0.2) is 4.98 Å². The number of carbonyl (C=O) groups excluding carboxylic acids is 1. The SMILES string of the molecule is NC(=O)c1ncccc1NC(O)CCC(=O)O. The minimum absolute atomic E-state index is 0.00174. The lowest BCUT2D eigenvalue weighted by atomic mass is 10.2. The van der Waals surface area contributed by atoms with E-state index in [1.54, 1.807) is 6.07 Å². The molecule has 0 aliphatic rings. The van der Waals surface area contributed by atoms with E-state index in [9.17, 15) is 14.7 Å². The van der Waals surface area contributed by atoms with Crippen LogP contribution in [0.25, 0.3) is 0 Å². The molecule has 0 bridgehead atoms. The maximum atomic E-state index is 11.0. The second-order valence-electron chi connectivity index (χ2n) is 3.36. The Balaban J connectivity index is 2.67. The van der Waals surface area contributed by atoms with Crippen molar-refractivity contribution in [3.8, 4) is 0 Å². The molecule has 1 rings (SSSR count). The molecule has 1 unspecified atom stereocenters. The van der Waals surface area contributed by atoms with E-state index in [1.165, 1.54) is 12.3 Å². The number of amides is 1. The molecule has 92 valence electrons. The minimum atomic E-state index is -1.08. The second kappa shape index (κ2) is 5.80. The number of nitrogens with two attached hydrogens (primary N) is 1. The number of hydrogen-bond donors (Lipinski definition) is 4. The van der Waals surface area contributed by atoms with Gasteiger partial charge in [-0.3, -0.25) is 9.59 Å². The maximum absolute atomic E-state index is 11.0. The lowest BCUT2D eigenvalue weighted by molar-refractivity contribution is -0.137. The van der Waals surface area contributed by atoms with E-state index in [4.69, 9.17) is 10.8 Å². The Hall–Kier alpha value is -2.15. The quantitative estimate of drug-likeness (QED) is 0.508. The van der Waals surface area contributed by atoms with Crippen LogP contribution in [-0.4, -0.2) is 33.3 Å². The number of aliphatic carboxylic acids is 1. The zero-order chi connectivity index (χ0) is 12.8. The number of carbonyl (C=O) groups is 2. The Morgan fingerprint density at radius 3 is 2.82 bits per heavy atom. The highest BCUT2D eigenvalue weighted by atomic mass is 16.4. The molecule has 0 aromatic carbocycles. The van der Waals surface area contributed by atoms with Gasteiger partial charge in [0.1, 0.15) is 6.23 Å². The molecule has 0 radical (unpaired) electrons. The third-order valence-corrected chi connectivity index (χ3v) is 1.99. The van der Waals surface area contributed by atoms with Gasteiger partial charge in [0, 0.05) is 19.0 Å². The molecule has 0 saturated carbocycles. The number of carboxylic acids is 1. The van der Waals surface area contributed by atoms with Crippen molar-refractivity contribution in [3.63, 3.8) is 0 Å². The predicted octanol–water partition coefficient (Wildman–Crippen LogP) is -0.224. The molecule has 0 aliphatic heterocycles. The van der Waals surface area contributed by atoms with E-state index in [-0.39, 0.29) is 24.2 Å². The number of pyridine rings is 1. The lowest BCUT2D eigenvalue weighted by Crippen LogP contribution is -2.23. The van der Waals surface area contributed by atoms with Crippen LogP contribution in [0.3, 0.4) is 0 Å². The van der Waals surface area contributed by atoms with Gasteiger partial charge in [0.05, 0.1) is 5.69 Å². The fraction of sp³-hybridized carbons (Fsp3) is 0.300. The van der Waals surface area contributed by atoms with Gasteiger partial charge in [-0.1, -0.05) is 0 Å². The number of aromatic nitrogens is 1. The summed E-state index contributed by atoms with van der Waals surface area (Å²) in [6.45, 7) is 0.